The van der Waals surface area contributed by atoms with E-state index in [1.54, 1.807) is 17.9 Å². The molecule has 1 aliphatic heterocycles. The third kappa shape index (κ3) is 3.89. The SMILES string of the molecule is COc1nn(C)cc1C(=O)N1CCC(Oc2cc(C)nc(C)n2)CC1. The lowest BCUT2D eigenvalue weighted by Gasteiger charge is -2.31. The summed E-state index contributed by atoms with van der Waals surface area (Å²) < 4.78 is 12.7. The smallest absolute Gasteiger partial charge is 0.260 e. The van der Waals surface area contributed by atoms with Crippen LogP contribution in [0.25, 0.3) is 0 Å². The van der Waals surface area contributed by atoms with Gasteiger partial charge in [-0.05, 0) is 13.8 Å². The van der Waals surface area contributed by atoms with Crippen LogP contribution in [0, 0.1) is 13.8 Å². The number of hydrogen-bond acceptors (Lipinski definition) is 6. The summed E-state index contributed by atoms with van der Waals surface area (Å²) in [6, 6.07) is 1.84. The molecule has 25 heavy (non-hydrogen) atoms. The van der Waals surface area contributed by atoms with Crippen molar-refractivity contribution in [1.82, 2.24) is 24.6 Å². The number of rotatable bonds is 4. The monoisotopic (exact) mass is 345 g/mol. The molecular weight excluding hydrogens is 322 g/mol. The Morgan fingerprint density at radius 1 is 1.24 bits per heavy atom. The van der Waals surface area contributed by atoms with Crippen LogP contribution in [0.4, 0.5) is 0 Å². The van der Waals surface area contributed by atoms with Crippen molar-refractivity contribution in [2.24, 2.45) is 7.05 Å². The predicted octanol–water partition coefficient (Wildman–Crippen LogP) is 1.52. The summed E-state index contributed by atoms with van der Waals surface area (Å²) in [6.07, 6.45) is 3.26. The van der Waals surface area contributed by atoms with Gasteiger partial charge >= 0.3 is 0 Å². The number of hydrogen-bond donors (Lipinski definition) is 0. The fourth-order valence-electron chi connectivity index (χ4n) is 3.03. The van der Waals surface area contributed by atoms with Crippen LogP contribution < -0.4 is 9.47 Å². The highest BCUT2D eigenvalue weighted by Crippen LogP contribution is 2.22. The Balaban J connectivity index is 1.60. The van der Waals surface area contributed by atoms with E-state index in [9.17, 15) is 4.79 Å². The second kappa shape index (κ2) is 7.08. The van der Waals surface area contributed by atoms with Gasteiger partial charge in [-0.25, -0.2) is 4.98 Å². The van der Waals surface area contributed by atoms with Crippen molar-refractivity contribution < 1.29 is 14.3 Å². The minimum atomic E-state index is -0.0582. The van der Waals surface area contributed by atoms with Crippen LogP contribution in [0.1, 0.15) is 34.7 Å². The van der Waals surface area contributed by atoms with Crippen molar-refractivity contribution in [2.75, 3.05) is 20.2 Å². The third-order valence-electron chi connectivity index (χ3n) is 4.18. The summed E-state index contributed by atoms with van der Waals surface area (Å²) >= 11 is 0. The molecule has 1 amide bonds. The van der Waals surface area contributed by atoms with Crippen molar-refractivity contribution in [3.05, 3.63) is 29.3 Å². The molecule has 2 aromatic rings. The van der Waals surface area contributed by atoms with Crippen molar-refractivity contribution in [1.29, 1.82) is 0 Å². The number of ether oxygens (including phenoxy) is 2. The Morgan fingerprint density at radius 2 is 1.96 bits per heavy atom. The molecule has 0 N–H and O–H groups in total. The van der Waals surface area contributed by atoms with Gasteiger partial charge in [0.05, 0.1) is 7.11 Å². The summed E-state index contributed by atoms with van der Waals surface area (Å²) in [4.78, 5) is 23.1. The van der Waals surface area contributed by atoms with Crippen LogP contribution >= 0.6 is 0 Å². The van der Waals surface area contributed by atoms with Gasteiger partial charge in [0.1, 0.15) is 17.5 Å². The fraction of sp³-hybridized carbons (Fsp3) is 0.529. The number of piperidine rings is 1. The molecule has 0 spiro atoms. The van der Waals surface area contributed by atoms with E-state index >= 15 is 0 Å². The van der Waals surface area contributed by atoms with E-state index in [1.165, 1.54) is 7.11 Å². The number of likely N-dealkylation sites (tertiary alicyclic amines) is 1. The Morgan fingerprint density at radius 3 is 2.60 bits per heavy atom. The molecule has 1 aliphatic rings. The van der Waals surface area contributed by atoms with Crippen molar-refractivity contribution >= 4 is 5.91 Å². The second-order valence-electron chi connectivity index (χ2n) is 6.23. The molecule has 0 unspecified atom stereocenters. The molecule has 8 nitrogen and oxygen atoms in total. The molecule has 3 heterocycles. The first-order valence-electron chi connectivity index (χ1n) is 8.32. The van der Waals surface area contributed by atoms with E-state index in [2.05, 4.69) is 15.1 Å². The van der Waals surface area contributed by atoms with Crippen LogP contribution in [0.15, 0.2) is 12.3 Å². The van der Waals surface area contributed by atoms with Gasteiger partial charge in [0.15, 0.2) is 0 Å². The zero-order chi connectivity index (χ0) is 18.0. The normalized spacial score (nSPS) is 15.3. The molecule has 1 saturated heterocycles. The predicted molar refractivity (Wildman–Crippen MR) is 90.8 cm³/mol. The van der Waals surface area contributed by atoms with Crippen LogP contribution in [0.5, 0.6) is 11.8 Å². The number of aryl methyl sites for hydroxylation is 3. The molecule has 2 aromatic heterocycles. The average Bonchev–Trinajstić information content (AvgIpc) is 2.95. The Labute approximate surface area is 146 Å². The number of methoxy groups -OCH3 is 1. The Bertz CT molecular complexity index is 745. The summed E-state index contributed by atoms with van der Waals surface area (Å²) in [6.45, 7) is 5.03. The molecule has 0 aromatic carbocycles. The lowest BCUT2D eigenvalue weighted by molar-refractivity contribution is 0.0584. The maximum atomic E-state index is 12.7. The standard InChI is InChI=1S/C17H23N5O3/c1-11-9-15(19-12(2)18-11)25-13-5-7-22(8-6-13)17(23)14-10-21(3)20-16(14)24-4/h9-10,13H,5-8H2,1-4H3. The van der Waals surface area contributed by atoms with Crippen molar-refractivity contribution in [2.45, 2.75) is 32.8 Å². The molecule has 0 bridgehead atoms. The highest BCUT2D eigenvalue weighted by Gasteiger charge is 2.28. The number of aromatic nitrogens is 4. The first kappa shape index (κ1) is 17.2. The molecule has 0 aliphatic carbocycles. The van der Waals surface area contributed by atoms with E-state index in [4.69, 9.17) is 9.47 Å². The zero-order valence-electron chi connectivity index (χ0n) is 15.0. The van der Waals surface area contributed by atoms with Crippen LogP contribution in [-0.4, -0.2) is 56.9 Å². The van der Waals surface area contributed by atoms with Crippen molar-refractivity contribution in [3.63, 3.8) is 0 Å². The summed E-state index contributed by atoms with van der Waals surface area (Å²) in [7, 11) is 3.29. The topological polar surface area (TPSA) is 82.4 Å². The van der Waals surface area contributed by atoms with Gasteiger partial charge in [0.25, 0.3) is 5.91 Å². The number of carbonyl (C=O) groups is 1. The maximum Gasteiger partial charge on any atom is 0.260 e. The maximum absolute atomic E-state index is 12.7. The third-order valence-corrected chi connectivity index (χ3v) is 4.18. The fourth-order valence-corrected chi connectivity index (χ4v) is 3.03. The van der Waals surface area contributed by atoms with Gasteiger partial charge in [-0.2, -0.15) is 4.98 Å². The summed E-state index contributed by atoms with van der Waals surface area (Å²) in [5, 5.41) is 4.14. The van der Waals surface area contributed by atoms with E-state index in [0.717, 1.165) is 18.5 Å². The lowest BCUT2D eigenvalue weighted by Crippen LogP contribution is -2.41. The second-order valence-corrected chi connectivity index (χ2v) is 6.23. The van der Waals surface area contributed by atoms with E-state index in [1.807, 2.05) is 24.8 Å². The molecule has 3 rings (SSSR count). The Kier molecular flexibility index (Phi) is 4.87. The molecule has 8 heteroatoms. The molecule has 1 fully saturated rings. The highest BCUT2D eigenvalue weighted by atomic mass is 16.5. The number of nitrogens with zero attached hydrogens (tertiary/aromatic N) is 5. The lowest BCUT2D eigenvalue weighted by atomic mass is 10.1. The minimum Gasteiger partial charge on any atom is -0.479 e. The van der Waals surface area contributed by atoms with Gasteiger partial charge in [0.2, 0.25) is 11.8 Å². The van der Waals surface area contributed by atoms with E-state index in [0.29, 0.717) is 36.2 Å². The molecule has 0 atom stereocenters. The largest absolute Gasteiger partial charge is 0.479 e. The quantitative estimate of drug-likeness (QED) is 0.835. The van der Waals surface area contributed by atoms with Gasteiger partial charge in [-0.3, -0.25) is 9.48 Å². The van der Waals surface area contributed by atoms with Crippen LogP contribution in [0.2, 0.25) is 0 Å². The zero-order valence-corrected chi connectivity index (χ0v) is 15.0. The molecular formula is C17H23N5O3. The average molecular weight is 345 g/mol. The van der Waals surface area contributed by atoms with Crippen LogP contribution in [-0.2, 0) is 7.05 Å². The van der Waals surface area contributed by atoms with Crippen LogP contribution in [0.3, 0.4) is 0 Å². The first-order chi connectivity index (χ1) is 12.0. The molecule has 0 saturated carbocycles. The highest BCUT2D eigenvalue weighted by molar-refractivity contribution is 5.96. The molecule has 134 valence electrons. The first-order valence-corrected chi connectivity index (χ1v) is 8.32. The summed E-state index contributed by atoms with van der Waals surface area (Å²) in [5.74, 6) is 1.60. The van der Waals surface area contributed by atoms with Gasteiger partial charge in [-0.1, -0.05) is 0 Å². The van der Waals surface area contributed by atoms with E-state index in [-0.39, 0.29) is 12.0 Å². The Hall–Kier alpha value is -2.64. The van der Waals surface area contributed by atoms with E-state index < -0.39 is 0 Å². The van der Waals surface area contributed by atoms with Gasteiger partial charge < -0.3 is 14.4 Å². The van der Waals surface area contributed by atoms with Gasteiger partial charge in [-0.15, -0.1) is 5.10 Å². The van der Waals surface area contributed by atoms with Gasteiger partial charge in [0, 0.05) is 50.9 Å². The number of carbonyl (C=O) groups excluding carboxylic acids is 1. The number of amides is 1. The van der Waals surface area contributed by atoms with Crippen molar-refractivity contribution in [3.8, 4) is 11.8 Å². The molecule has 0 radical (unpaired) electrons. The minimum absolute atomic E-state index is 0.0496. The summed E-state index contributed by atoms with van der Waals surface area (Å²) in [5.41, 5.74) is 1.38.